The van der Waals surface area contributed by atoms with Gasteiger partial charge in [0.25, 0.3) is 5.91 Å². The van der Waals surface area contributed by atoms with E-state index < -0.39 is 0 Å². The number of aryl methyl sites for hydroxylation is 1. The molecule has 2 aromatic rings. The van der Waals surface area contributed by atoms with Gasteiger partial charge in [-0.25, -0.2) is 0 Å². The van der Waals surface area contributed by atoms with Crippen molar-refractivity contribution >= 4 is 34.8 Å². The molecule has 6 nitrogen and oxygen atoms in total. The van der Waals surface area contributed by atoms with Gasteiger partial charge in [-0.15, -0.1) is 0 Å². The maximum absolute atomic E-state index is 12.5. The maximum Gasteiger partial charge on any atom is 0.274 e. The van der Waals surface area contributed by atoms with Gasteiger partial charge in [-0.05, 0) is 42.8 Å². The summed E-state index contributed by atoms with van der Waals surface area (Å²) in [5.74, 6) is -0.169. The van der Waals surface area contributed by atoms with Gasteiger partial charge < -0.3 is 15.1 Å². The fraction of sp³-hybridized carbons (Fsp3) is 0.316. The third kappa shape index (κ3) is 4.14. The standard InChI is InChI=1S/C19H21ClN4O2/c1-13-11-15(20)3-4-17(13)22-19(26)18-12-16(5-6-21-18)24-9-7-23(8-10-24)14(2)25/h3-6,11-12H,7-10H2,1-2H3,(H,22,26). The summed E-state index contributed by atoms with van der Waals surface area (Å²) in [5, 5.41) is 3.50. The van der Waals surface area contributed by atoms with Crippen LogP contribution in [0.5, 0.6) is 0 Å². The lowest BCUT2D eigenvalue weighted by Crippen LogP contribution is -2.48. The normalized spacial score (nSPS) is 14.3. The van der Waals surface area contributed by atoms with Gasteiger partial charge in [0.1, 0.15) is 5.69 Å². The predicted molar refractivity (Wildman–Crippen MR) is 103 cm³/mol. The number of nitrogens with zero attached hydrogens (tertiary/aromatic N) is 3. The van der Waals surface area contributed by atoms with E-state index in [-0.39, 0.29) is 11.8 Å². The number of carbonyl (C=O) groups is 2. The molecule has 1 fully saturated rings. The number of halogens is 1. The Bertz CT molecular complexity index is 832. The first-order valence-electron chi connectivity index (χ1n) is 8.48. The van der Waals surface area contributed by atoms with Crippen molar-refractivity contribution in [1.82, 2.24) is 9.88 Å². The van der Waals surface area contributed by atoms with Crippen LogP contribution in [-0.2, 0) is 4.79 Å². The summed E-state index contributed by atoms with van der Waals surface area (Å²) in [6, 6.07) is 8.98. The molecule has 0 spiro atoms. The molecule has 1 aromatic carbocycles. The minimum Gasteiger partial charge on any atom is -0.368 e. The van der Waals surface area contributed by atoms with E-state index in [1.807, 2.05) is 17.9 Å². The molecule has 2 heterocycles. The molecule has 0 aliphatic carbocycles. The summed E-state index contributed by atoms with van der Waals surface area (Å²) in [4.78, 5) is 32.2. The zero-order chi connectivity index (χ0) is 18.7. The Morgan fingerprint density at radius 1 is 1.12 bits per heavy atom. The van der Waals surface area contributed by atoms with Crippen molar-refractivity contribution < 1.29 is 9.59 Å². The van der Waals surface area contributed by atoms with Gasteiger partial charge in [0.2, 0.25) is 5.91 Å². The number of nitrogens with one attached hydrogen (secondary N) is 1. The number of piperazine rings is 1. The molecule has 1 saturated heterocycles. The fourth-order valence-electron chi connectivity index (χ4n) is 2.97. The van der Waals surface area contributed by atoms with Gasteiger partial charge in [-0.1, -0.05) is 11.6 Å². The minimum absolute atomic E-state index is 0.0952. The van der Waals surface area contributed by atoms with Crippen LogP contribution in [0.15, 0.2) is 36.5 Å². The third-order valence-corrected chi connectivity index (χ3v) is 4.74. The average Bonchev–Trinajstić information content (AvgIpc) is 2.64. The van der Waals surface area contributed by atoms with E-state index in [0.29, 0.717) is 29.5 Å². The number of amides is 2. The second-order valence-corrected chi connectivity index (χ2v) is 6.74. The first-order chi connectivity index (χ1) is 12.4. The maximum atomic E-state index is 12.5. The molecule has 1 aliphatic heterocycles. The number of anilines is 2. The molecule has 0 bridgehead atoms. The van der Waals surface area contributed by atoms with E-state index in [1.165, 1.54) is 0 Å². The van der Waals surface area contributed by atoms with E-state index in [4.69, 9.17) is 11.6 Å². The van der Waals surface area contributed by atoms with Crippen LogP contribution in [-0.4, -0.2) is 47.9 Å². The first kappa shape index (κ1) is 18.2. The summed E-state index contributed by atoms with van der Waals surface area (Å²) in [6.45, 7) is 6.32. The summed E-state index contributed by atoms with van der Waals surface area (Å²) in [6.07, 6.45) is 1.64. The minimum atomic E-state index is -0.264. The van der Waals surface area contributed by atoms with Gasteiger partial charge in [-0.3, -0.25) is 14.6 Å². The second kappa shape index (κ2) is 7.74. The van der Waals surface area contributed by atoms with Gasteiger partial charge in [-0.2, -0.15) is 0 Å². The van der Waals surface area contributed by atoms with Crippen molar-refractivity contribution in [3.05, 3.63) is 52.8 Å². The topological polar surface area (TPSA) is 65.5 Å². The number of carbonyl (C=O) groups excluding carboxylic acids is 2. The summed E-state index contributed by atoms with van der Waals surface area (Å²) >= 11 is 5.95. The van der Waals surface area contributed by atoms with E-state index >= 15 is 0 Å². The van der Waals surface area contributed by atoms with Crippen LogP contribution in [0, 0.1) is 6.92 Å². The molecule has 0 saturated carbocycles. The monoisotopic (exact) mass is 372 g/mol. The largest absolute Gasteiger partial charge is 0.368 e. The smallest absolute Gasteiger partial charge is 0.274 e. The Kier molecular flexibility index (Phi) is 5.42. The van der Waals surface area contributed by atoms with Crippen LogP contribution in [0.4, 0.5) is 11.4 Å². The van der Waals surface area contributed by atoms with Crippen molar-refractivity contribution in [3.63, 3.8) is 0 Å². The van der Waals surface area contributed by atoms with Crippen LogP contribution in [0.2, 0.25) is 5.02 Å². The van der Waals surface area contributed by atoms with Gasteiger partial charge in [0, 0.05) is 55.7 Å². The summed E-state index contributed by atoms with van der Waals surface area (Å²) in [5.41, 5.74) is 2.89. The van der Waals surface area contributed by atoms with Crippen LogP contribution in [0.1, 0.15) is 23.0 Å². The van der Waals surface area contributed by atoms with Crippen molar-refractivity contribution in [3.8, 4) is 0 Å². The van der Waals surface area contributed by atoms with Crippen molar-refractivity contribution in [2.24, 2.45) is 0 Å². The van der Waals surface area contributed by atoms with E-state index in [9.17, 15) is 9.59 Å². The molecular weight excluding hydrogens is 352 g/mol. The number of rotatable bonds is 3. The molecule has 0 atom stereocenters. The van der Waals surface area contributed by atoms with E-state index in [1.54, 1.807) is 37.4 Å². The second-order valence-electron chi connectivity index (χ2n) is 6.31. The quantitative estimate of drug-likeness (QED) is 0.899. The Balaban J connectivity index is 1.71. The zero-order valence-corrected chi connectivity index (χ0v) is 15.6. The number of benzene rings is 1. The number of hydrogen-bond acceptors (Lipinski definition) is 4. The molecule has 7 heteroatoms. The van der Waals surface area contributed by atoms with Crippen LogP contribution < -0.4 is 10.2 Å². The fourth-order valence-corrected chi connectivity index (χ4v) is 3.20. The van der Waals surface area contributed by atoms with Crippen LogP contribution >= 0.6 is 11.6 Å². The molecule has 2 amide bonds. The van der Waals surface area contributed by atoms with Crippen molar-refractivity contribution in [2.75, 3.05) is 36.4 Å². The highest BCUT2D eigenvalue weighted by molar-refractivity contribution is 6.30. The summed E-state index contributed by atoms with van der Waals surface area (Å²) < 4.78 is 0. The van der Waals surface area contributed by atoms with Crippen molar-refractivity contribution in [2.45, 2.75) is 13.8 Å². The van der Waals surface area contributed by atoms with Crippen LogP contribution in [0.3, 0.4) is 0 Å². The lowest BCUT2D eigenvalue weighted by atomic mass is 10.2. The SMILES string of the molecule is CC(=O)N1CCN(c2ccnc(C(=O)Nc3ccc(Cl)cc3C)c2)CC1. The molecular formula is C19H21ClN4O2. The number of hydrogen-bond donors (Lipinski definition) is 1. The van der Waals surface area contributed by atoms with Crippen LogP contribution in [0.25, 0.3) is 0 Å². The highest BCUT2D eigenvalue weighted by Crippen LogP contribution is 2.21. The Morgan fingerprint density at radius 3 is 2.50 bits per heavy atom. The summed E-state index contributed by atoms with van der Waals surface area (Å²) in [7, 11) is 0. The van der Waals surface area contributed by atoms with Gasteiger partial charge in [0.05, 0.1) is 0 Å². The van der Waals surface area contributed by atoms with Crippen molar-refractivity contribution in [1.29, 1.82) is 0 Å². The Morgan fingerprint density at radius 2 is 1.85 bits per heavy atom. The highest BCUT2D eigenvalue weighted by atomic mass is 35.5. The van der Waals surface area contributed by atoms with Gasteiger partial charge >= 0.3 is 0 Å². The zero-order valence-electron chi connectivity index (χ0n) is 14.8. The molecule has 1 N–H and O–H groups in total. The molecule has 0 unspecified atom stereocenters. The molecule has 0 radical (unpaired) electrons. The molecule has 136 valence electrons. The highest BCUT2D eigenvalue weighted by Gasteiger charge is 2.20. The first-order valence-corrected chi connectivity index (χ1v) is 8.86. The number of pyridine rings is 1. The molecule has 1 aliphatic rings. The van der Waals surface area contributed by atoms with E-state index in [2.05, 4.69) is 15.2 Å². The average molecular weight is 373 g/mol. The molecule has 3 rings (SSSR count). The number of aromatic nitrogens is 1. The lowest BCUT2D eigenvalue weighted by molar-refractivity contribution is -0.129. The molecule has 26 heavy (non-hydrogen) atoms. The Labute approximate surface area is 157 Å². The predicted octanol–water partition coefficient (Wildman–Crippen LogP) is 2.96. The lowest BCUT2D eigenvalue weighted by Gasteiger charge is -2.35. The third-order valence-electron chi connectivity index (χ3n) is 4.50. The molecule has 1 aromatic heterocycles. The Hall–Kier alpha value is -2.60. The van der Waals surface area contributed by atoms with E-state index in [0.717, 1.165) is 24.3 Å². The van der Waals surface area contributed by atoms with Gasteiger partial charge in [0.15, 0.2) is 0 Å².